The predicted octanol–water partition coefficient (Wildman–Crippen LogP) is 3.07. The molecule has 1 amide bonds. The summed E-state index contributed by atoms with van der Waals surface area (Å²) in [5, 5.41) is 2.86. The van der Waals surface area contributed by atoms with Crippen LogP contribution in [0.4, 0.5) is 5.69 Å². The largest absolute Gasteiger partial charge is 0.485 e. The van der Waals surface area contributed by atoms with Gasteiger partial charge in [0.25, 0.3) is 5.91 Å². The lowest BCUT2D eigenvalue weighted by atomic mass is 10.2. The van der Waals surface area contributed by atoms with Crippen molar-refractivity contribution in [1.29, 1.82) is 0 Å². The smallest absolute Gasteiger partial charge is 0.269 e. The van der Waals surface area contributed by atoms with Crippen LogP contribution in [0.25, 0.3) is 0 Å². The van der Waals surface area contributed by atoms with Crippen molar-refractivity contribution in [2.75, 3.05) is 11.9 Å². The van der Waals surface area contributed by atoms with Gasteiger partial charge in [0.15, 0.2) is 11.5 Å². The molecule has 3 rings (SSSR count). The number of amides is 1. The first-order valence-electron chi connectivity index (χ1n) is 6.18. The Labute approximate surface area is 130 Å². The molecule has 1 aliphatic heterocycles. The summed E-state index contributed by atoms with van der Waals surface area (Å²) >= 11 is 2.18. The van der Waals surface area contributed by atoms with E-state index in [4.69, 9.17) is 9.47 Å². The summed E-state index contributed by atoms with van der Waals surface area (Å²) in [4.78, 5) is 12.2. The molecule has 0 bridgehead atoms. The highest BCUT2D eigenvalue weighted by Gasteiger charge is 2.27. The molecule has 4 nitrogen and oxygen atoms in total. The molecule has 0 radical (unpaired) electrons. The molecule has 0 saturated heterocycles. The summed E-state index contributed by atoms with van der Waals surface area (Å²) in [6.45, 7) is 0.215. The molecule has 1 N–H and O–H groups in total. The number of halogens is 1. The molecule has 1 atom stereocenters. The van der Waals surface area contributed by atoms with Gasteiger partial charge in [-0.15, -0.1) is 0 Å². The molecule has 0 aromatic heterocycles. The number of para-hydroxylation sites is 3. The Kier molecular flexibility index (Phi) is 3.77. The van der Waals surface area contributed by atoms with Gasteiger partial charge in [0, 0.05) is 3.57 Å². The normalized spacial score (nSPS) is 16.6. The second-order valence-corrected chi connectivity index (χ2v) is 5.50. The van der Waals surface area contributed by atoms with Gasteiger partial charge in [-0.1, -0.05) is 24.3 Å². The molecule has 1 aliphatic rings. The van der Waals surface area contributed by atoms with Crippen LogP contribution in [0.3, 0.4) is 0 Å². The topological polar surface area (TPSA) is 47.6 Å². The number of ether oxygens (including phenoxy) is 2. The Balaban J connectivity index is 1.72. The first-order valence-corrected chi connectivity index (χ1v) is 7.26. The van der Waals surface area contributed by atoms with Gasteiger partial charge < -0.3 is 14.8 Å². The van der Waals surface area contributed by atoms with E-state index in [1.54, 1.807) is 6.07 Å². The standard InChI is InChI=1S/C15H12INO3/c16-10-5-1-2-6-11(10)17-15(18)14-9-19-12-7-3-4-8-13(12)20-14/h1-8,14H,9H2,(H,17,18)/t14-/m1/s1. The van der Waals surface area contributed by atoms with Gasteiger partial charge in [-0.25, -0.2) is 0 Å². The van der Waals surface area contributed by atoms with Gasteiger partial charge in [0.1, 0.15) is 6.61 Å². The van der Waals surface area contributed by atoms with E-state index in [0.29, 0.717) is 11.5 Å². The molecule has 5 heteroatoms. The number of nitrogens with one attached hydrogen (secondary N) is 1. The molecule has 20 heavy (non-hydrogen) atoms. The van der Waals surface area contributed by atoms with Crippen molar-refractivity contribution in [1.82, 2.24) is 0 Å². The Morgan fingerprint density at radius 3 is 2.60 bits per heavy atom. The Morgan fingerprint density at radius 1 is 1.10 bits per heavy atom. The van der Waals surface area contributed by atoms with Crippen molar-refractivity contribution >= 4 is 34.2 Å². The van der Waals surface area contributed by atoms with E-state index in [2.05, 4.69) is 27.9 Å². The van der Waals surface area contributed by atoms with Crippen LogP contribution in [0.1, 0.15) is 0 Å². The maximum absolute atomic E-state index is 12.2. The first kappa shape index (κ1) is 13.2. The molecule has 1 heterocycles. The van der Waals surface area contributed by atoms with Gasteiger partial charge in [-0.2, -0.15) is 0 Å². The van der Waals surface area contributed by atoms with Crippen LogP contribution in [-0.2, 0) is 4.79 Å². The van der Waals surface area contributed by atoms with Crippen LogP contribution in [0, 0.1) is 3.57 Å². The fourth-order valence-corrected chi connectivity index (χ4v) is 2.45. The van der Waals surface area contributed by atoms with Gasteiger partial charge in [0.2, 0.25) is 6.10 Å². The number of hydrogen-bond acceptors (Lipinski definition) is 3. The average Bonchev–Trinajstić information content (AvgIpc) is 2.49. The van der Waals surface area contributed by atoms with Gasteiger partial charge in [0.05, 0.1) is 5.69 Å². The van der Waals surface area contributed by atoms with Crippen LogP contribution in [0.15, 0.2) is 48.5 Å². The number of benzene rings is 2. The molecule has 0 unspecified atom stereocenters. The number of carbonyl (C=O) groups is 1. The van der Waals surface area contributed by atoms with Crippen LogP contribution in [0.5, 0.6) is 11.5 Å². The second kappa shape index (κ2) is 5.70. The molecule has 102 valence electrons. The highest BCUT2D eigenvalue weighted by molar-refractivity contribution is 14.1. The molecule has 0 saturated carbocycles. The maximum atomic E-state index is 12.2. The zero-order chi connectivity index (χ0) is 13.9. The quantitative estimate of drug-likeness (QED) is 0.814. The van der Waals surface area contributed by atoms with Crippen molar-refractivity contribution in [3.63, 3.8) is 0 Å². The fourth-order valence-electron chi connectivity index (χ4n) is 1.92. The van der Waals surface area contributed by atoms with Crippen molar-refractivity contribution in [3.05, 3.63) is 52.1 Å². The fraction of sp³-hybridized carbons (Fsp3) is 0.133. The minimum absolute atomic E-state index is 0.205. The summed E-state index contributed by atoms with van der Waals surface area (Å²) in [5.41, 5.74) is 0.778. The van der Waals surface area contributed by atoms with E-state index < -0.39 is 6.10 Å². The lowest BCUT2D eigenvalue weighted by Crippen LogP contribution is -2.40. The van der Waals surface area contributed by atoms with Crippen molar-refractivity contribution in [2.24, 2.45) is 0 Å². The molecule has 2 aromatic rings. The summed E-state index contributed by atoms with van der Waals surface area (Å²) in [7, 11) is 0. The van der Waals surface area contributed by atoms with Crippen molar-refractivity contribution in [2.45, 2.75) is 6.10 Å². The third-order valence-electron chi connectivity index (χ3n) is 2.93. The minimum Gasteiger partial charge on any atom is -0.485 e. The predicted molar refractivity (Wildman–Crippen MR) is 84.1 cm³/mol. The highest BCUT2D eigenvalue weighted by atomic mass is 127. The third-order valence-corrected chi connectivity index (χ3v) is 3.87. The van der Waals surface area contributed by atoms with Crippen LogP contribution >= 0.6 is 22.6 Å². The summed E-state index contributed by atoms with van der Waals surface area (Å²) < 4.78 is 12.2. The van der Waals surface area contributed by atoms with Crippen molar-refractivity contribution < 1.29 is 14.3 Å². The number of rotatable bonds is 2. The zero-order valence-corrected chi connectivity index (χ0v) is 12.7. The average molecular weight is 381 g/mol. The number of fused-ring (bicyclic) bond motifs is 1. The second-order valence-electron chi connectivity index (χ2n) is 4.33. The lowest BCUT2D eigenvalue weighted by Gasteiger charge is -2.25. The SMILES string of the molecule is O=C(Nc1ccccc1I)[C@H]1COc2ccccc2O1. The molecular formula is C15H12INO3. The Bertz CT molecular complexity index is 645. The van der Waals surface area contributed by atoms with Gasteiger partial charge >= 0.3 is 0 Å². The van der Waals surface area contributed by atoms with Crippen LogP contribution in [0.2, 0.25) is 0 Å². The molecular weight excluding hydrogens is 369 g/mol. The Hall–Kier alpha value is -1.76. The van der Waals surface area contributed by atoms with E-state index in [1.807, 2.05) is 42.5 Å². The first-order chi connectivity index (χ1) is 9.74. The van der Waals surface area contributed by atoms with E-state index in [1.165, 1.54) is 0 Å². The third kappa shape index (κ3) is 2.72. The summed E-state index contributed by atoms with van der Waals surface area (Å²) in [5.74, 6) is 1.07. The summed E-state index contributed by atoms with van der Waals surface area (Å²) in [6.07, 6.45) is -0.638. The van der Waals surface area contributed by atoms with Crippen LogP contribution in [-0.4, -0.2) is 18.6 Å². The highest BCUT2D eigenvalue weighted by Crippen LogP contribution is 2.31. The molecule has 0 aliphatic carbocycles. The van der Waals surface area contributed by atoms with E-state index in [9.17, 15) is 4.79 Å². The van der Waals surface area contributed by atoms with Crippen molar-refractivity contribution in [3.8, 4) is 11.5 Å². The molecule has 2 aromatic carbocycles. The van der Waals surface area contributed by atoms with Crippen LogP contribution < -0.4 is 14.8 Å². The monoisotopic (exact) mass is 381 g/mol. The zero-order valence-electron chi connectivity index (χ0n) is 10.5. The number of anilines is 1. The van der Waals surface area contributed by atoms with Gasteiger partial charge in [-0.3, -0.25) is 4.79 Å². The molecule has 0 spiro atoms. The lowest BCUT2D eigenvalue weighted by molar-refractivity contribution is -0.125. The number of hydrogen-bond donors (Lipinski definition) is 1. The molecule has 0 fully saturated rings. The minimum atomic E-state index is -0.638. The summed E-state index contributed by atoms with van der Waals surface area (Å²) in [6, 6.07) is 14.9. The Morgan fingerprint density at radius 2 is 1.80 bits per heavy atom. The van der Waals surface area contributed by atoms with E-state index >= 15 is 0 Å². The van der Waals surface area contributed by atoms with E-state index in [-0.39, 0.29) is 12.5 Å². The maximum Gasteiger partial charge on any atom is 0.269 e. The van der Waals surface area contributed by atoms with E-state index in [0.717, 1.165) is 9.26 Å². The van der Waals surface area contributed by atoms with Gasteiger partial charge in [-0.05, 0) is 46.9 Å². The number of carbonyl (C=O) groups excluding carboxylic acids is 1.